The Morgan fingerprint density at radius 3 is 2.62 bits per heavy atom. The fourth-order valence-corrected chi connectivity index (χ4v) is 5.70. The molecule has 0 unspecified atom stereocenters. The number of amides is 1. The second kappa shape index (κ2) is 7.40. The predicted molar refractivity (Wildman–Crippen MR) is 102 cm³/mol. The molecule has 0 radical (unpaired) electrons. The Hall–Kier alpha value is -1.87. The molecular formula is C17H22N4O3S2. The molecule has 3 rings (SSSR count). The van der Waals surface area contributed by atoms with Crippen molar-refractivity contribution in [1.29, 1.82) is 0 Å². The highest BCUT2D eigenvalue weighted by molar-refractivity contribution is 8.00. The zero-order valence-electron chi connectivity index (χ0n) is 15.0. The minimum Gasteiger partial charge on any atom is -0.341 e. The molecule has 1 aromatic carbocycles. The van der Waals surface area contributed by atoms with Crippen LogP contribution in [0.25, 0.3) is 11.4 Å². The van der Waals surface area contributed by atoms with Crippen molar-refractivity contribution >= 4 is 27.5 Å². The first-order valence-electron chi connectivity index (χ1n) is 8.37. The molecule has 26 heavy (non-hydrogen) atoms. The maximum absolute atomic E-state index is 12.7. The zero-order chi connectivity index (χ0) is 18.9. The summed E-state index contributed by atoms with van der Waals surface area (Å²) in [6.45, 7) is 1.81. The standard InChI is InChI=1S/C17H22N4O3S2/c1-12(16(22)20(2)14-9-10-26(23,24)11-14)25-17-19-18-15(21(17)3)13-7-5-4-6-8-13/h4-8,12,14H,9-11H2,1-3H3/t12-,14-/m0/s1. The van der Waals surface area contributed by atoms with Gasteiger partial charge in [0.2, 0.25) is 5.91 Å². The molecule has 9 heteroatoms. The minimum atomic E-state index is -3.02. The van der Waals surface area contributed by atoms with Gasteiger partial charge in [0.25, 0.3) is 0 Å². The summed E-state index contributed by atoms with van der Waals surface area (Å²) in [5, 5.41) is 8.70. The Balaban J connectivity index is 1.69. The lowest BCUT2D eigenvalue weighted by Gasteiger charge is -2.26. The Labute approximate surface area is 157 Å². The van der Waals surface area contributed by atoms with Gasteiger partial charge >= 0.3 is 0 Å². The molecule has 140 valence electrons. The molecule has 0 N–H and O–H groups in total. The quantitative estimate of drug-likeness (QED) is 0.716. The van der Waals surface area contributed by atoms with Gasteiger partial charge in [0.1, 0.15) is 0 Å². The number of carbonyl (C=O) groups is 1. The number of thioether (sulfide) groups is 1. The molecule has 7 nitrogen and oxygen atoms in total. The number of rotatable bonds is 5. The lowest BCUT2D eigenvalue weighted by molar-refractivity contribution is -0.130. The second-order valence-electron chi connectivity index (χ2n) is 6.50. The molecule has 1 amide bonds. The number of aromatic nitrogens is 3. The normalized spacial score (nSPS) is 20.0. The molecule has 0 bridgehead atoms. The van der Waals surface area contributed by atoms with Crippen molar-refractivity contribution in [3.05, 3.63) is 30.3 Å². The van der Waals surface area contributed by atoms with Gasteiger partial charge in [-0.05, 0) is 13.3 Å². The van der Waals surface area contributed by atoms with E-state index in [9.17, 15) is 13.2 Å². The van der Waals surface area contributed by atoms with Crippen LogP contribution in [0.5, 0.6) is 0 Å². The molecule has 2 heterocycles. The van der Waals surface area contributed by atoms with Crippen molar-refractivity contribution in [2.24, 2.45) is 7.05 Å². The molecule has 1 aromatic heterocycles. The fraction of sp³-hybridized carbons (Fsp3) is 0.471. The van der Waals surface area contributed by atoms with E-state index in [1.54, 1.807) is 11.9 Å². The van der Waals surface area contributed by atoms with Crippen LogP contribution >= 0.6 is 11.8 Å². The van der Waals surface area contributed by atoms with E-state index in [-0.39, 0.29) is 28.7 Å². The van der Waals surface area contributed by atoms with Gasteiger partial charge < -0.3 is 9.47 Å². The van der Waals surface area contributed by atoms with E-state index >= 15 is 0 Å². The fourth-order valence-electron chi connectivity index (χ4n) is 3.01. The summed E-state index contributed by atoms with van der Waals surface area (Å²) in [5.74, 6) is 0.847. The Kier molecular flexibility index (Phi) is 5.38. The lowest BCUT2D eigenvalue weighted by atomic mass is 10.2. The van der Waals surface area contributed by atoms with Gasteiger partial charge in [-0.1, -0.05) is 42.1 Å². The molecule has 1 saturated heterocycles. The Morgan fingerprint density at radius 2 is 2.00 bits per heavy atom. The van der Waals surface area contributed by atoms with Crippen LogP contribution in [0, 0.1) is 0 Å². The van der Waals surface area contributed by atoms with Crippen molar-refractivity contribution in [2.75, 3.05) is 18.6 Å². The third kappa shape index (κ3) is 3.93. The largest absolute Gasteiger partial charge is 0.341 e. The summed E-state index contributed by atoms with van der Waals surface area (Å²) in [7, 11) is 0.528. The van der Waals surface area contributed by atoms with Crippen LogP contribution in [-0.2, 0) is 21.7 Å². The maximum Gasteiger partial charge on any atom is 0.235 e. The SMILES string of the molecule is C[C@H](Sc1nnc(-c2ccccc2)n1C)C(=O)N(C)[C@H]1CCS(=O)(=O)C1. The summed E-state index contributed by atoms with van der Waals surface area (Å²) < 4.78 is 25.2. The third-order valence-electron chi connectivity index (χ3n) is 4.60. The second-order valence-corrected chi connectivity index (χ2v) is 10.0. The highest BCUT2D eigenvalue weighted by Crippen LogP contribution is 2.27. The first-order valence-corrected chi connectivity index (χ1v) is 11.1. The summed E-state index contributed by atoms with van der Waals surface area (Å²) >= 11 is 1.33. The molecule has 2 aromatic rings. The third-order valence-corrected chi connectivity index (χ3v) is 7.47. The molecule has 0 spiro atoms. The molecular weight excluding hydrogens is 372 g/mol. The summed E-state index contributed by atoms with van der Waals surface area (Å²) in [6, 6.07) is 9.49. The first-order chi connectivity index (χ1) is 12.3. The van der Waals surface area contributed by atoms with Crippen molar-refractivity contribution in [1.82, 2.24) is 19.7 Å². The van der Waals surface area contributed by atoms with E-state index < -0.39 is 9.84 Å². The van der Waals surface area contributed by atoms with Crippen molar-refractivity contribution in [3.8, 4) is 11.4 Å². The van der Waals surface area contributed by atoms with Gasteiger partial charge in [-0.2, -0.15) is 0 Å². The van der Waals surface area contributed by atoms with E-state index in [2.05, 4.69) is 10.2 Å². The van der Waals surface area contributed by atoms with Crippen LogP contribution in [-0.4, -0.2) is 63.8 Å². The molecule has 1 aliphatic heterocycles. The van der Waals surface area contributed by atoms with E-state index in [1.165, 1.54) is 11.8 Å². The van der Waals surface area contributed by atoms with Crippen LogP contribution in [0.4, 0.5) is 0 Å². The Bertz CT molecular complexity index is 896. The lowest BCUT2D eigenvalue weighted by Crippen LogP contribution is -2.41. The molecule has 0 aliphatic carbocycles. The van der Waals surface area contributed by atoms with Gasteiger partial charge in [0.05, 0.1) is 16.8 Å². The van der Waals surface area contributed by atoms with Crippen molar-refractivity contribution < 1.29 is 13.2 Å². The molecule has 0 saturated carbocycles. The number of carbonyl (C=O) groups excluding carboxylic acids is 1. The Morgan fingerprint density at radius 1 is 1.31 bits per heavy atom. The van der Waals surface area contributed by atoms with Gasteiger partial charge in [0, 0.05) is 25.7 Å². The van der Waals surface area contributed by atoms with E-state index in [1.807, 2.05) is 48.9 Å². The van der Waals surface area contributed by atoms with E-state index in [0.29, 0.717) is 11.6 Å². The van der Waals surface area contributed by atoms with Crippen molar-refractivity contribution in [3.63, 3.8) is 0 Å². The maximum atomic E-state index is 12.7. The number of sulfone groups is 1. The number of hydrogen-bond donors (Lipinski definition) is 0. The summed E-state index contributed by atoms with van der Waals surface area (Å²) in [6.07, 6.45) is 0.504. The topological polar surface area (TPSA) is 85.2 Å². The molecule has 2 atom stereocenters. The molecule has 1 aliphatic rings. The van der Waals surface area contributed by atoms with Crippen LogP contribution < -0.4 is 0 Å². The van der Waals surface area contributed by atoms with Gasteiger partial charge in [0.15, 0.2) is 20.8 Å². The van der Waals surface area contributed by atoms with E-state index in [4.69, 9.17) is 0 Å². The average molecular weight is 395 g/mol. The van der Waals surface area contributed by atoms with Gasteiger partial charge in [-0.15, -0.1) is 10.2 Å². The number of benzene rings is 1. The average Bonchev–Trinajstić information content (AvgIpc) is 3.17. The van der Waals surface area contributed by atoms with E-state index in [0.717, 1.165) is 11.4 Å². The summed E-state index contributed by atoms with van der Waals surface area (Å²) in [5.41, 5.74) is 0.960. The van der Waals surface area contributed by atoms with Crippen LogP contribution in [0.15, 0.2) is 35.5 Å². The highest BCUT2D eigenvalue weighted by atomic mass is 32.2. The summed E-state index contributed by atoms with van der Waals surface area (Å²) in [4.78, 5) is 14.3. The zero-order valence-corrected chi connectivity index (χ0v) is 16.6. The minimum absolute atomic E-state index is 0.0503. The van der Waals surface area contributed by atoms with Crippen molar-refractivity contribution in [2.45, 2.75) is 29.8 Å². The smallest absolute Gasteiger partial charge is 0.235 e. The number of hydrogen-bond acceptors (Lipinski definition) is 6. The monoisotopic (exact) mass is 394 g/mol. The molecule has 1 fully saturated rings. The predicted octanol–water partition coefficient (Wildman–Crippen LogP) is 1.61. The highest BCUT2D eigenvalue weighted by Gasteiger charge is 2.34. The number of nitrogens with zero attached hydrogens (tertiary/aromatic N) is 4. The van der Waals surface area contributed by atoms with Crippen LogP contribution in [0.2, 0.25) is 0 Å². The first kappa shape index (κ1) is 18.9. The van der Waals surface area contributed by atoms with Crippen LogP contribution in [0.3, 0.4) is 0 Å². The van der Waals surface area contributed by atoms with Gasteiger partial charge in [-0.25, -0.2) is 8.42 Å². The van der Waals surface area contributed by atoms with Crippen LogP contribution in [0.1, 0.15) is 13.3 Å². The van der Waals surface area contributed by atoms with Gasteiger partial charge in [-0.3, -0.25) is 4.79 Å².